The molecule has 1 saturated heterocycles. The van der Waals surface area contributed by atoms with Crippen LogP contribution in [0.4, 0.5) is 8.78 Å². The molecule has 0 aromatic heterocycles. The lowest BCUT2D eigenvalue weighted by atomic mass is 10.1. The molecule has 1 unspecified atom stereocenters. The van der Waals surface area contributed by atoms with Gasteiger partial charge in [-0.25, -0.2) is 8.78 Å². The van der Waals surface area contributed by atoms with Gasteiger partial charge in [0.25, 0.3) is 0 Å². The molecule has 0 saturated carbocycles. The molecule has 92 valence electrons. The minimum Gasteiger partial charge on any atom is -0.381 e. The van der Waals surface area contributed by atoms with Crippen molar-refractivity contribution in [2.75, 3.05) is 19.0 Å². The number of thioether (sulfide) groups is 1. The van der Waals surface area contributed by atoms with Crippen molar-refractivity contribution in [3.63, 3.8) is 0 Å². The van der Waals surface area contributed by atoms with Crippen LogP contribution in [0.2, 0.25) is 0 Å². The van der Waals surface area contributed by atoms with Crippen LogP contribution in [0.5, 0.6) is 0 Å². The third-order valence-corrected chi connectivity index (χ3v) is 3.67. The van der Waals surface area contributed by atoms with Gasteiger partial charge in [0.2, 0.25) is 0 Å². The molecule has 1 heterocycles. The summed E-state index contributed by atoms with van der Waals surface area (Å²) in [6.45, 7) is 1.11. The van der Waals surface area contributed by atoms with Crippen molar-refractivity contribution >= 4 is 17.5 Å². The van der Waals surface area contributed by atoms with Gasteiger partial charge in [-0.3, -0.25) is 4.79 Å². The van der Waals surface area contributed by atoms with Crippen molar-refractivity contribution in [1.82, 2.24) is 0 Å². The third-order valence-electron chi connectivity index (χ3n) is 2.66. The summed E-state index contributed by atoms with van der Waals surface area (Å²) in [5, 5.41) is 0. The molecular weight excluding hydrogens is 246 g/mol. The lowest BCUT2D eigenvalue weighted by Crippen LogP contribution is -2.16. The molecule has 0 N–H and O–H groups in total. The summed E-state index contributed by atoms with van der Waals surface area (Å²) in [6, 6.07) is 3.65. The van der Waals surface area contributed by atoms with E-state index in [1.54, 1.807) is 0 Å². The van der Waals surface area contributed by atoms with Crippen LogP contribution in [-0.4, -0.2) is 24.7 Å². The Balaban J connectivity index is 1.88. The van der Waals surface area contributed by atoms with Crippen molar-refractivity contribution < 1.29 is 18.3 Å². The Kier molecular flexibility index (Phi) is 4.12. The Morgan fingerprint density at radius 1 is 1.41 bits per heavy atom. The maximum Gasteiger partial charge on any atom is 0.159 e. The van der Waals surface area contributed by atoms with E-state index in [0.717, 1.165) is 18.6 Å². The first-order chi connectivity index (χ1) is 8.16. The number of carbonyl (C=O) groups is 1. The maximum atomic E-state index is 12.9. The van der Waals surface area contributed by atoms with Gasteiger partial charge in [0.1, 0.15) is 5.78 Å². The van der Waals surface area contributed by atoms with Crippen LogP contribution in [0.25, 0.3) is 0 Å². The van der Waals surface area contributed by atoms with Gasteiger partial charge < -0.3 is 4.74 Å². The number of ketones is 1. The molecule has 2 rings (SSSR count). The van der Waals surface area contributed by atoms with Gasteiger partial charge in [-0.05, 0) is 24.6 Å². The normalized spacial score (nSPS) is 19.5. The lowest BCUT2D eigenvalue weighted by Gasteiger charge is -2.06. The van der Waals surface area contributed by atoms with E-state index in [1.165, 1.54) is 17.8 Å². The Morgan fingerprint density at radius 3 is 2.88 bits per heavy atom. The first-order valence-corrected chi connectivity index (χ1v) is 6.33. The fraction of sp³-hybridized carbons (Fsp3) is 0.417. The van der Waals surface area contributed by atoms with E-state index in [0.29, 0.717) is 18.1 Å². The molecule has 0 aliphatic carbocycles. The largest absolute Gasteiger partial charge is 0.381 e. The molecule has 0 amide bonds. The van der Waals surface area contributed by atoms with Crippen molar-refractivity contribution in [1.29, 1.82) is 0 Å². The molecule has 2 nitrogen and oxygen atoms in total. The summed E-state index contributed by atoms with van der Waals surface area (Å²) in [5.41, 5.74) is 0. The predicted molar refractivity (Wildman–Crippen MR) is 61.0 cm³/mol. The average molecular weight is 258 g/mol. The van der Waals surface area contributed by atoms with Gasteiger partial charge in [0, 0.05) is 17.4 Å². The number of hydrogen-bond acceptors (Lipinski definition) is 3. The Morgan fingerprint density at radius 2 is 2.24 bits per heavy atom. The first kappa shape index (κ1) is 12.5. The zero-order valence-electron chi connectivity index (χ0n) is 9.12. The quantitative estimate of drug-likeness (QED) is 0.777. The number of hydrogen-bond donors (Lipinski definition) is 0. The third kappa shape index (κ3) is 3.26. The fourth-order valence-corrected chi connectivity index (χ4v) is 2.52. The average Bonchev–Trinajstić information content (AvgIpc) is 2.84. The lowest BCUT2D eigenvalue weighted by molar-refractivity contribution is -0.120. The smallest absolute Gasteiger partial charge is 0.159 e. The molecule has 5 heteroatoms. The van der Waals surface area contributed by atoms with Crippen LogP contribution < -0.4 is 0 Å². The number of halogens is 2. The second-order valence-corrected chi connectivity index (χ2v) is 4.94. The maximum absolute atomic E-state index is 12.9. The molecule has 1 aromatic rings. The number of rotatable bonds is 4. The second kappa shape index (κ2) is 5.60. The van der Waals surface area contributed by atoms with E-state index in [4.69, 9.17) is 4.74 Å². The van der Waals surface area contributed by atoms with Crippen LogP contribution in [0.3, 0.4) is 0 Å². The monoisotopic (exact) mass is 258 g/mol. The van der Waals surface area contributed by atoms with Gasteiger partial charge in [-0.1, -0.05) is 0 Å². The predicted octanol–water partition coefficient (Wildman–Crippen LogP) is 2.66. The zero-order chi connectivity index (χ0) is 12.3. The van der Waals surface area contributed by atoms with E-state index < -0.39 is 11.6 Å². The van der Waals surface area contributed by atoms with Crippen molar-refractivity contribution in [2.45, 2.75) is 11.3 Å². The highest BCUT2D eigenvalue weighted by atomic mass is 32.2. The Hall–Kier alpha value is -0.940. The van der Waals surface area contributed by atoms with E-state index in [1.807, 2.05) is 0 Å². The molecule has 0 spiro atoms. The standard InChI is InChI=1S/C12H12F2O2S/c13-10-2-1-9(5-11(10)14)17-7-12(15)8-3-4-16-6-8/h1-2,5,8H,3-4,6-7H2. The molecule has 1 atom stereocenters. The topological polar surface area (TPSA) is 26.3 Å². The summed E-state index contributed by atoms with van der Waals surface area (Å²) in [7, 11) is 0. The van der Waals surface area contributed by atoms with E-state index in [2.05, 4.69) is 0 Å². The SMILES string of the molecule is O=C(CSc1ccc(F)c(F)c1)C1CCOC1. The molecule has 1 aromatic carbocycles. The summed E-state index contributed by atoms with van der Waals surface area (Å²) in [4.78, 5) is 12.3. The van der Waals surface area contributed by atoms with Gasteiger partial charge in [-0.2, -0.15) is 0 Å². The summed E-state index contributed by atoms with van der Waals surface area (Å²) in [6.07, 6.45) is 0.761. The Bertz CT molecular complexity index is 417. The molecule has 0 bridgehead atoms. The second-order valence-electron chi connectivity index (χ2n) is 3.89. The van der Waals surface area contributed by atoms with E-state index in [9.17, 15) is 13.6 Å². The van der Waals surface area contributed by atoms with E-state index >= 15 is 0 Å². The number of ether oxygens (including phenoxy) is 1. The Labute approximate surface area is 102 Å². The molecule has 17 heavy (non-hydrogen) atoms. The highest BCUT2D eigenvalue weighted by Gasteiger charge is 2.23. The highest BCUT2D eigenvalue weighted by molar-refractivity contribution is 8.00. The van der Waals surface area contributed by atoms with E-state index in [-0.39, 0.29) is 17.5 Å². The highest BCUT2D eigenvalue weighted by Crippen LogP contribution is 2.23. The number of benzene rings is 1. The van der Waals surface area contributed by atoms with Crippen LogP contribution in [-0.2, 0) is 9.53 Å². The number of carbonyl (C=O) groups excluding carboxylic acids is 1. The van der Waals surface area contributed by atoms with Crippen LogP contribution >= 0.6 is 11.8 Å². The molecule has 1 aliphatic rings. The van der Waals surface area contributed by atoms with Crippen molar-refractivity contribution in [3.05, 3.63) is 29.8 Å². The fourth-order valence-electron chi connectivity index (χ4n) is 1.63. The van der Waals surface area contributed by atoms with Crippen LogP contribution in [0.15, 0.2) is 23.1 Å². The molecule has 1 aliphatic heterocycles. The summed E-state index contributed by atoms with van der Waals surface area (Å²) >= 11 is 1.23. The van der Waals surface area contributed by atoms with Gasteiger partial charge in [0.05, 0.1) is 12.4 Å². The van der Waals surface area contributed by atoms with Crippen LogP contribution in [0.1, 0.15) is 6.42 Å². The molecule has 0 radical (unpaired) electrons. The van der Waals surface area contributed by atoms with Gasteiger partial charge in [0.15, 0.2) is 11.6 Å². The first-order valence-electron chi connectivity index (χ1n) is 5.35. The zero-order valence-corrected chi connectivity index (χ0v) is 9.93. The summed E-state index contributed by atoms with van der Waals surface area (Å²) in [5.74, 6) is -1.40. The minimum atomic E-state index is -0.883. The molecular formula is C12H12F2O2S. The minimum absolute atomic E-state index is 0.0344. The van der Waals surface area contributed by atoms with Gasteiger partial charge in [-0.15, -0.1) is 11.8 Å². The van der Waals surface area contributed by atoms with Crippen molar-refractivity contribution in [2.24, 2.45) is 5.92 Å². The van der Waals surface area contributed by atoms with Gasteiger partial charge >= 0.3 is 0 Å². The number of Topliss-reactive ketones (excluding diaryl/α,β-unsaturated/α-hetero) is 1. The van der Waals surface area contributed by atoms with Crippen molar-refractivity contribution in [3.8, 4) is 0 Å². The summed E-state index contributed by atoms with van der Waals surface area (Å²) < 4.78 is 30.7. The molecule has 1 fully saturated rings. The van der Waals surface area contributed by atoms with Crippen LogP contribution in [0, 0.1) is 17.6 Å².